The predicted octanol–water partition coefficient (Wildman–Crippen LogP) is 0.823. The van der Waals surface area contributed by atoms with E-state index in [0.29, 0.717) is 19.0 Å². The van der Waals surface area contributed by atoms with Gasteiger partial charge in [0.1, 0.15) is 6.61 Å². The minimum Gasteiger partial charge on any atom is -0.480 e. The number of carbonyl (C=O) groups is 2. The standard InChI is InChI=1S/C12H22N2O4/c1-9(2)12(3-4-12)8-14-11(17)13-5-6-18-7-10(15)16/h9H,3-8H2,1-2H3,(H,15,16)(H2,13,14,17). The van der Waals surface area contributed by atoms with Crippen molar-refractivity contribution in [3.05, 3.63) is 0 Å². The summed E-state index contributed by atoms with van der Waals surface area (Å²) in [6, 6.07) is -0.221. The predicted molar refractivity (Wildman–Crippen MR) is 66.4 cm³/mol. The third kappa shape index (κ3) is 4.91. The van der Waals surface area contributed by atoms with Gasteiger partial charge in [-0.15, -0.1) is 0 Å². The number of urea groups is 1. The molecule has 0 unspecified atom stereocenters. The third-order valence-electron chi connectivity index (χ3n) is 3.48. The van der Waals surface area contributed by atoms with Crippen molar-refractivity contribution in [2.75, 3.05) is 26.3 Å². The Kier molecular flexibility index (Phi) is 5.40. The minimum atomic E-state index is -1.01. The molecule has 2 amide bonds. The fourth-order valence-corrected chi connectivity index (χ4v) is 1.83. The number of carboxylic acids is 1. The average Bonchev–Trinajstić information content (AvgIpc) is 3.06. The van der Waals surface area contributed by atoms with Crippen LogP contribution in [0.1, 0.15) is 26.7 Å². The van der Waals surface area contributed by atoms with E-state index in [1.54, 1.807) is 0 Å². The number of amides is 2. The number of nitrogens with one attached hydrogen (secondary N) is 2. The molecule has 0 aliphatic heterocycles. The number of carbonyl (C=O) groups excluding carboxylic acids is 1. The zero-order chi connectivity index (χ0) is 13.6. The normalized spacial score (nSPS) is 16.4. The highest BCUT2D eigenvalue weighted by molar-refractivity contribution is 5.73. The summed E-state index contributed by atoms with van der Waals surface area (Å²) in [5.74, 6) is -0.427. The molecular weight excluding hydrogens is 236 g/mol. The van der Waals surface area contributed by atoms with Crippen molar-refractivity contribution in [2.24, 2.45) is 11.3 Å². The highest BCUT2D eigenvalue weighted by atomic mass is 16.5. The summed E-state index contributed by atoms with van der Waals surface area (Å²) in [6.45, 7) is 5.23. The van der Waals surface area contributed by atoms with E-state index in [0.717, 1.165) is 0 Å². The zero-order valence-corrected chi connectivity index (χ0v) is 11.0. The topological polar surface area (TPSA) is 87.7 Å². The summed E-state index contributed by atoms with van der Waals surface area (Å²) in [7, 11) is 0. The van der Waals surface area contributed by atoms with Crippen LogP contribution in [0.5, 0.6) is 0 Å². The molecule has 0 heterocycles. The maximum Gasteiger partial charge on any atom is 0.329 e. The SMILES string of the molecule is CC(C)C1(CNC(=O)NCCOCC(=O)O)CC1. The van der Waals surface area contributed by atoms with Gasteiger partial charge in [0.25, 0.3) is 0 Å². The molecule has 3 N–H and O–H groups in total. The van der Waals surface area contributed by atoms with Crippen molar-refractivity contribution >= 4 is 12.0 Å². The Morgan fingerprint density at radius 3 is 2.50 bits per heavy atom. The molecule has 0 bridgehead atoms. The second kappa shape index (κ2) is 6.58. The Morgan fingerprint density at radius 2 is 2.00 bits per heavy atom. The maximum absolute atomic E-state index is 11.4. The van der Waals surface area contributed by atoms with E-state index < -0.39 is 5.97 Å². The second-order valence-electron chi connectivity index (χ2n) is 5.07. The Labute approximate surface area is 107 Å². The Hall–Kier alpha value is -1.30. The number of aliphatic carboxylic acids is 1. The molecule has 0 radical (unpaired) electrons. The number of carboxylic acid groups (broad SMARTS) is 1. The van der Waals surface area contributed by atoms with Gasteiger partial charge < -0.3 is 20.5 Å². The van der Waals surface area contributed by atoms with E-state index in [-0.39, 0.29) is 24.7 Å². The summed E-state index contributed by atoms with van der Waals surface area (Å²) in [6.07, 6.45) is 2.35. The summed E-state index contributed by atoms with van der Waals surface area (Å²) in [4.78, 5) is 21.6. The van der Waals surface area contributed by atoms with Crippen LogP contribution in [0.4, 0.5) is 4.79 Å². The van der Waals surface area contributed by atoms with Gasteiger partial charge in [0.05, 0.1) is 6.61 Å². The summed E-state index contributed by atoms with van der Waals surface area (Å²) >= 11 is 0. The van der Waals surface area contributed by atoms with Crippen LogP contribution in [0, 0.1) is 11.3 Å². The van der Waals surface area contributed by atoms with Crippen LogP contribution in [0.15, 0.2) is 0 Å². The summed E-state index contributed by atoms with van der Waals surface area (Å²) in [5, 5.41) is 13.8. The zero-order valence-electron chi connectivity index (χ0n) is 11.0. The first-order valence-corrected chi connectivity index (χ1v) is 6.27. The highest BCUT2D eigenvalue weighted by Crippen LogP contribution is 2.51. The van der Waals surface area contributed by atoms with Crippen LogP contribution in [-0.4, -0.2) is 43.4 Å². The lowest BCUT2D eigenvalue weighted by Crippen LogP contribution is -2.41. The number of rotatable bonds is 8. The van der Waals surface area contributed by atoms with Gasteiger partial charge in [-0.2, -0.15) is 0 Å². The Morgan fingerprint density at radius 1 is 1.33 bits per heavy atom. The average molecular weight is 258 g/mol. The van der Waals surface area contributed by atoms with Gasteiger partial charge >= 0.3 is 12.0 Å². The molecule has 1 fully saturated rings. The molecule has 0 aromatic carbocycles. The van der Waals surface area contributed by atoms with Crippen LogP contribution in [-0.2, 0) is 9.53 Å². The molecule has 0 atom stereocenters. The molecule has 18 heavy (non-hydrogen) atoms. The molecule has 0 aromatic heterocycles. The second-order valence-corrected chi connectivity index (χ2v) is 5.07. The molecule has 104 valence electrons. The first-order chi connectivity index (χ1) is 8.46. The van der Waals surface area contributed by atoms with Crippen molar-refractivity contribution in [3.8, 4) is 0 Å². The van der Waals surface area contributed by atoms with E-state index in [1.165, 1.54) is 12.8 Å². The van der Waals surface area contributed by atoms with Gasteiger partial charge in [-0.25, -0.2) is 9.59 Å². The Bertz CT molecular complexity index is 300. The first-order valence-electron chi connectivity index (χ1n) is 6.27. The van der Waals surface area contributed by atoms with E-state index in [2.05, 4.69) is 24.5 Å². The lowest BCUT2D eigenvalue weighted by atomic mass is 9.92. The lowest BCUT2D eigenvalue weighted by Gasteiger charge is -2.20. The molecule has 1 rings (SSSR count). The van der Waals surface area contributed by atoms with E-state index in [1.807, 2.05) is 0 Å². The van der Waals surface area contributed by atoms with E-state index in [4.69, 9.17) is 9.84 Å². The van der Waals surface area contributed by atoms with E-state index in [9.17, 15) is 9.59 Å². The van der Waals surface area contributed by atoms with Crippen molar-refractivity contribution in [1.29, 1.82) is 0 Å². The molecule has 1 saturated carbocycles. The molecule has 6 nitrogen and oxygen atoms in total. The fourth-order valence-electron chi connectivity index (χ4n) is 1.83. The lowest BCUT2D eigenvalue weighted by molar-refractivity contribution is -0.142. The highest BCUT2D eigenvalue weighted by Gasteiger charge is 2.45. The quantitative estimate of drug-likeness (QED) is 0.562. The molecule has 0 aromatic rings. The van der Waals surface area contributed by atoms with Crippen LogP contribution < -0.4 is 10.6 Å². The van der Waals surface area contributed by atoms with Crippen LogP contribution in [0.25, 0.3) is 0 Å². The third-order valence-corrected chi connectivity index (χ3v) is 3.48. The molecule has 0 spiro atoms. The maximum atomic E-state index is 11.4. The van der Waals surface area contributed by atoms with Crippen LogP contribution >= 0.6 is 0 Å². The molecule has 1 aliphatic carbocycles. The van der Waals surface area contributed by atoms with Gasteiger partial charge in [0.15, 0.2) is 0 Å². The minimum absolute atomic E-state index is 0.203. The van der Waals surface area contributed by atoms with Gasteiger partial charge in [-0.3, -0.25) is 0 Å². The molecular formula is C12H22N2O4. The van der Waals surface area contributed by atoms with Crippen molar-refractivity contribution in [2.45, 2.75) is 26.7 Å². The van der Waals surface area contributed by atoms with E-state index >= 15 is 0 Å². The van der Waals surface area contributed by atoms with Crippen LogP contribution in [0.2, 0.25) is 0 Å². The van der Waals surface area contributed by atoms with Crippen molar-refractivity contribution in [3.63, 3.8) is 0 Å². The fraction of sp³-hybridized carbons (Fsp3) is 0.833. The Balaban J connectivity index is 2.03. The smallest absolute Gasteiger partial charge is 0.329 e. The van der Waals surface area contributed by atoms with Crippen molar-refractivity contribution < 1.29 is 19.4 Å². The first kappa shape index (κ1) is 14.8. The van der Waals surface area contributed by atoms with Gasteiger partial charge in [-0.1, -0.05) is 13.8 Å². The number of hydrogen-bond acceptors (Lipinski definition) is 3. The molecule has 0 saturated heterocycles. The summed E-state index contributed by atoms with van der Waals surface area (Å²) < 4.78 is 4.80. The number of ether oxygens (including phenoxy) is 1. The van der Waals surface area contributed by atoms with Gasteiger partial charge in [-0.05, 0) is 24.2 Å². The van der Waals surface area contributed by atoms with Crippen molar-refractivity contribution in [1.82, 2.24) is 10.6 Å². The van der Waals surface area contributed by atoms with Gasteiger partial charge in [0.2, 0.25) is 0 Å². The largest absolute Gasteiger partial charge is 0.480 e. The van der Waals surface area contributed by atoms with Gasteiger partial charge in [0, 0.05) is 13.1 Å². The van der Waals surface area contributed by atoms with Crippen LogP contribution in [0.3, 0.4) is 0 Å². The summed E-state index contributed by atoms with van der Waals surface area (Å²) in [5.41, 5.74) is 0.289. The number of hydrogen-bond donors (Lipinski definition) is 3. The molecule has 1 aliphatic rings. The molecule has 6 heteroatoms. The monoisotopic (exact) mass is 258 g/mol.